The molecule has 6 heteroatoms. The van der Waals surface area contributed by atoms with Gasteiger partial charge in [0.1, 0.15) is 0 Å². The van der Waals surface area contributed by atoms with Gasteiger partial charge in [-0.2, -0.15) is 0 Å². The van der Waals surface area contributed by atoms with Crippen LogP contribution in [0.5, 0.6) is 0 Å². The first-order valence-corrected chi connectivity index (χ1v) is 4.74. The number of nitrogens with zero attached hydrogens (tertiary/aromatic N) is 1. The molecule has 16 heavy (non-hydrogen) atoms. The summed E-state index contributed by atoms with van der Waals surface area (Å²) < 4.78 is 4.90. The van der Waals surface area contributed by atoms with E-state index < -0.39 is 23.9 Å². The van der Waals surface area contributed by atoms with Crippen molar-refractivity contribution in [2.24, 2.45) is 0 Å². The van der Waals surface area contributed by atoms with E-state index in [1.165, 1.54) is 13.2 Å². The summed E-state index contributed by atoms with van der Waals surface area (Å²) >= 11 is 0. The first-order chi connectivity index (χ1) is 7.45. The van der Waals surface area contributed by atoms with Crippen molar-refractivity contribution in [1.82, 2.24) is 4.90 Å². The van der Waals surface area contributed by atoms with Crippen molar-refractivity contribution < 1.29 is 24.2 Å². The maximum Gasteiger partial charge on any atom is 0.306 e. The number of rotatable bonds is 5. The summed E-state index contributed by atoms with van der Waals surface area (Å²) in [6.45, 7) is 1.51. The molecule has 6 nitrogen and oxygen atoms in total. The van der Waals surface area contributed by atoms with Gasteiger partial charge in [0.15, 0.2) is 0 Å². The number of carboxylic acids is 1. The van der Waals surface area contributed by atoms with Crippen LogP contribution in [0.1, 0.15) is 13.3 Å². The topological polar surface area (TPSA) is 83.9 Å². The fourth-order valence-corrected chi connectivity index (χ4v) is 1.43. The molecule has 0 fully saturated rings. The van der Waals surface area contributed by atoms with Gasteiger partial charge in [0, 0.05) is 18.8 Å². The van der Waals surface area contributed by atoms with Gasteiger partial charge in [-0.25, -0.2) is 0 Å². The molecule has 1 atom stereocenters. The molecule has 0 saturated heterocycles. The summed E-state index contributed by atoms with van der Waals surface area (Å²) in [5, 5.41) is 8.59. The minimum absolute atomic E-state index is 0.0334. The average molecular weight is 227 g/mol. The van der Waals surface area contributed by atoms with Crippen LogP contribution in [0.15, 0.2) is 11.6 Å². The number of imide groups is 1. The Balaban J connectivity index is 2.63. The van der Waals surface area contributed by atoms with Gasteiger partial charge < -0.3 is 9.84 Å². The van der Waals surface area contributed by atoms with Crippen LogP contribution in [0.3, 0.4) is 0 Å². The number of carboxylic acid groups (broad SMARTS) is 1. The Morgan fingerprint density at radius 1 is 1.56 bits per heavy atom. The fraction of sp³-hybridized carbons (Fsp3) is 0.500. The molecule has 0 aromatic carbocycles. The van der Waals surface area contributed by atoms with E-state index in [9.17, 15) is 14.4 Å². The monoisotopic (exact) mass is 227 g/mol. The number of hydrogen-bond acceptors (Lipinski definition) is 4. The zero-order chi connectivity index (χ0) is 12.3. The van der Waals surface area contributed by atoms with Crippen LogP contribution < -0.4 is 0 Å². The van der Waals surface area contributed by atoms with Crippen LogP contribution in [0.25, 0.3) is 0 Å². The maximum atomic E-state index is 11.5. The number of carbonyl (C=O) groups excluding carboxylic acids is 2. The van der Waals surface area contributed by atoms with E-state index >= 15 is 0 Å². The Hall–Kier alpha value is -1.69. The van der Waals surface area contributed by atoms with Gasteiger partial charge in [0.05, 0.1) is 19.1 Å². The van der Waals surface area contributed by atoms with Crippen molar-refractivity contribution in [2.45, 2.75) is 19.4 Å². The van der Waals surface area contributed by atoms with Crippen LogP contribution in [0, 0.1) is 0 Å². The second kappa shape index (κ2) is 4.89. The predicted molar refractivity (Wildman–Crippen MR) is 53.5 cm³/mol. The highest BCUT2D eigenvalue weighted by atomic mass is 16.5. The van der Waals surface area contributed by atoms with Crippen LogP contribution in [0.4, 0.5) is 0 Å². The van der Waals surface area contributed by atoms with Gasteiger partial charge in [-0.1, -0.05) is 0 Å². The standard InChI is InChI=1S/C10H13NO5/c1-6-3-8(12)11(10(6)15)5-7(16-2)4-9(13)14/h3,7H,4-5H2,1-2H3,(H,13,14). The lowest BCUT2D eigenvalue weighted by Gasteiger charge is -2.20. The predicted octanol–water partition coefficient (Wildman–Crippen LogP) is -0.209. The molecule has 0 aliphatic carbocycles. The van der Waals surface area contributed by atoms with Crippen LogP contribution in [0.2, 0.25) is 0 Å². The third-order valence-corrected chi connectivity index (χ3v) is 2.31. The van der Waals surface area contributed by atoms with Gasteiger partial charge in [0.2, 0.25) is 0 Å². The Labute approximate surface area is 92.5 Å². The van der Waals surface area contributed by atoms with E-state index in [0.29, 0.717) is 5.57 Å². The lowest BCUT2D eigenvalue weighted by Crippen LogP contribution is -2.39. The molecule has 2 amide bonds. The first kappa shape index (κ1) is 12.4. The molecule has 1 unspecified atom stereocenters. The summed E-state index contributed by atoms with van der Waals surface area (Å²) in [6.07, 6.45) is 0.312. The molecular formula is C10H13NO5. The minimum atomic E-state index is -1.03. The highest BCUT2D eigenvalue weighted by Crippen LogP contribution is 2.13. The fourth-order valence-electron chi connectivity index (χ4n) is 1.43. The zero-order valence-electron chi connectivity index (χ0n) is 9.10. The molecular weight excluding hydrogens is 214 g/mol. The van der Waals surface area contributed by atoms with E-state index in [2.05, 4.69) is 0 Å². The van der Waals surface area contributed by atoms with Crippen LogP contribution in [-0.2, 0) is 19.1 Å². The summed E-state index contributed by atoms with van der Waals surface area (Å²) in [5.74, 6) is -1.84. The molecule has 0 radical (unpaired) electrons. The lowest BCUT2D eigenvalue weighted by atomic mass is 10.2. The minimum Gasteiger partial charge on any atom is -0.481 e. The molecule has 1 heterocycles. The normalized spacial score (nSPS) is 17.6. The number of methoxy groups -OCH3 is 1. The number of ether oxygens (including phenoxy) is 1. The molecule has 0 aromatic heterocycles. The van der Waals surface area contributed by atoms with E-state index in [-0.39, 0.29) is 13.0 Å². The second-order valence-corrected chi connectivity index (χ2v) is 3.54. The van der Waals surface area contributed by atoms with Gasteiger partial charge in [0.25, 0.3) is 11.8 Å². The molecule has 1 N–H and O–H groups in total. The Kier molecular flexibility index (Phi) is 3.78. The Bertz CT molecular complexity index is 360. The van der Waals surface area contributed by atoms with Crippen LogP contribution >= 0.6 is 0 Å². The highest BCUT2D eigenvalue weighted by Gasteiger charge is 2.30. The van der Waals surface area contributed by atoms with Crippen LogP contribution in [-0.4, -0.2) is 47.5 Å². The molecule has 1 rings (SSSR count). The van der Waals surface area contributed by atoms with Crippen molar-refractivity contribution in [2.75, 3.05) is 13.7 Å². The molecule has 0 bridgehead atoms. The zero-order valence-corrected chi connectivity index (χ0v) is 9.10. The summed E-state index contributed by atoms with van der Waals surface area (Å²) in [5.41, 5.74) is 0.357. The second-order valence-electron chi connectivity index (χ2n) is 3.54. The highest BCUT2D eigenvalue weighted by molar-refractivity contribution is 6.15. The maximum absolute atomic E-state index is 11.5. The number of amides is 2. The molecule has 0 saturated carbocycles. The quantitative estimate of drug-likeness (QED) is 0.657. The molecule has 88 valence electrons. The van der Waals surface area contributed by atoms with Crippen molar-refractivity contribution in [3.05, 3.63) is 11.6 Å². The van der Waals surface area contributed by atoms with Gasteiger partial charge in [-0.15, -0.1) is 0 Å². The van der Waals surface area contributed by atoms with E-state index in [4.69, 9.17) is 9.84 Å². The summed E-state index contributed by atoms with van der Waals surface area (Å²) in [7, 11) is 1.35. The van der Waals surface area contributed by atoms with E-state index in [1.54, 1.807) is 6.92 Å². The SMILES string of the molecule is COC(CC(=O)O)CN1C(=O)C=C(C)C1=O. The first-order valence-electron chi connectivity index (χ1n) is 4.74. The van der Waals surface area contributed by atoms with E-state index in [0.717, 1.165) is 4.90 Å². The van der Waals surface area contributed by atoms with Crippen molar-refractivity contribution in [3.8, 4) is 0 Å². The van der Waals surface area contributed by atoms with E-state index in [1.807, 2.05) is 0 Å². The molecule has 1 aliphatic heterocycles. The summed E-state index contributed by atoms with van der Waals surface area (Å²) in [6, 6.07) is 0. The Morgan fingerprint density at radius 3 is 2.56 bits per heavy atom. The van der Waals surface area contributed by atoms with Crippen molar-refractivity contribution in [1.29, 1.82) is 0 Å². The van der Waals surface area contributed by atoms with Gasteiger partial charge >= 0.3 is 5.97 Å². The third kappa shape index (κ3) is 2.66. The van der Waals surface area contributed by atoms with Gasteiger partial charge in [-0.05, 0) is 6.92 Å². The smallest absolute Gasteiger partial charge is 0.306 e. The average Bonchev–Trinajstić information content (AvgIpc) is 2.43. The third-order valence-electron chi connectivity index (χ3n) is 2.31. The van der Waals surface area contributed by atoms with Gasteiger partial charge in [-0.3, -0.25) is 19.3 Å². The Morgan fingerprint density at radius 2 is 2.19 bits per heavy atom. The molecule has 0 spiro atoms. The number of aliphatic carboxylic acids is 1. The molecule has 0 aromatic rings. The lowest BCUT2D eigenvalue weighted by molar-refractivity contribution is -0.144. The summed E-state index contributed by atoms with van der Waals surface area (Å²) in [4.78, 5) is 34.3. The van der Waals surface area contributed by atoms with Crippen molar-refractivity contribution in [3.63, 3.8) is 0 Å². The molecule has 1 aliphatic rings. The number of hydrogen-bond donors (Lipinski definition) is 1. The van der Waals surface area contributed by atoms with Crippen molar-refractivity contribution >= 4 is 17.8 Å². The number of carbonyl (C=O) groups is 3. The largest absolute Gasteiger partial charge is 0.481 e.